The van der Waals surface area contributed by atoms with Crippen LogP contribution in [0.1, 0.15) is 20.3 Å². The third-order valence-electron chi connectivity index (χ3n) is 3.49. The predicted molar refractivity (Wildman–Crippen MR) is 79.7 cm³/mol. The largest absolute Gasteiger partial charge is 0.380 e. The van der Waals surface area contributed by atoms with E-state index in [-0.39, 0.29) is 11.9 Å². The molecule has 3 rings (SSSR count). The Balaban J connectivity index is 2.08. The quantitative estimate of drug-likeness (QED) is 0.882. The molecule has 1 aromatic heterocycles. The lowest BCUT2D eigenvalue weighted by Crippen LogP contribution is -2.19. The second-order valence-electron chi connectivity index (χ2n) is 5.11. The van der Waals surface area contributed by atoms with E-state index in [9.17, 15) is 4.79 Å². The van der Waals surface area contributed by atoms with Crippen LogP contribution >= 0.6 is 0 Å². The molecule has 20 heavy (non-hydrogen) atoms. The van der Waals surface area contributed by atoms with Crippen molar-refractivity contribution >= 4 is 17.3 Å². The van der Waals surface area contributed by atoms with E-state index >= 15 is 0 Å². The van der Waals surface area contributed by atoms with Crippen molar-refractivity contribution in [2.24, 2.45) is 0 Å². The zero-order chi connectivity index (χ0) is 14.1. The van der Waals surface area contributed by atoms with Crippen molar-refractivity contribution in [2.75, 3.05) is 10.6 Å². The molecule has 2 aromatic rings. The second-order valence-corrected chi connectivity index (χ2v) is 5.11. The zero-order valence-electron chi connectivity index (χ0n) is 11.7. The minimum absolute atomic E-state index is 0.0464. The van der Waals surface area contributed by atoms with Crippen LogP contribution in [-0.4, -0.2) is 21.7 Å². The number of benzene rings is 1. The average Bonchev–Trinajstić information content (AvgIpc) is 2.83. The van der Waals surface area contributed by atoms with Gasteiger partial charge < -0.3 is 10.6 Å². The van der Waals surface area contributed by atoms with E-state index in [4.69, 9.17) is 0 Å². The summed E-state index contributed by atoms with van der Waals surface area (Å²) < 4.78 is 1.90. The van der Waals surface area contributed by atoms with Gasteiger partial charge in [0, 0.05) is 36.3 Å². The molecule has 2 heterocycles. The van der Waals surface area contributed by atoms with Crippen molar-refractivity contribution in [3.05, 3.63) is 30.6 Å². The second kappa shape index (κ2) is 5.00. The average molecular weight is 270 g/mol. The van der Waals surface area contributed by atoms with Gasteiger partial charge in [0.1, 0.15) is 0 Å². The number of aryl methyl sites for hydroxylation is 1. The molecule has 1 atom stereocenters. The molecule has 1 aromatic carbocycles. The molecule has 0 unspecified atom stereocenters. The first-order valence-corrected chi connectivity index (χ1v) is 6.89. The number of hydrogen-bond donors (Lipinski definition) is 2. The van der Waals surface area contributed by atoms with Crippen molar-refractivity contribution in [3.8, 4) is 11.1 Å². The molecular weight excluding hydrogens is 252 g/mol. The fraction of sp³-hybridized carbons (Fsp3) is 0.333. The van der Waals surface area contributed by atoms with Gasteiger partial charge in [0.05, 0.1) is 17.6 Å². The molecular formula is C15H18N4O. The Morgan fingerprint density at radius 1 is 1.45 bits per heavy atom. The number of carbonyl (C=O) groups is 1. The van der Waals surface area contributed by atoms with Gasteiger partial charge >= 0.3 is 0 Å². The van der Waals surface area contributed by atoms with Gasteiger partial charge in [-0.2, -0.15) is 5.10 Å². The first-order valence-electron chi connectivity index (χ1n) is 6.89. The van der Waals surface area contributed by atoms with Crippen LogP contribution in [0.15, 0.2) is 30.6 Å². The summed E-state index contributed by atoms with van der Waals surface area (Å²) in [6.45, 7) is 4.92. The highest BCUT2D eigenvalue weighted by Gasteiger charge is 2.20. The lowest BCUT2D eigenvalue weighted by Gasteiger charge is -2.15. The van der Waals surface area contributed by atoms with Gasteiger partial charge in [-0.05, 0) is 19.9 Å². The summed E-state index contributed by atoms with van der Waals surface area (Å²) in [7, 11) is 0. The molecule has 0 radical (unpaired) electrons. The lowest BCUT2D eigenvalue weighted by atomic mass is 10.1. The Hall–Kier alpha value is -2.30. The number of para-hydroxylation sites is 1. The maximum Gasteiger partial charge on any atom is 0.226 e. The number of nitrogens with one attached hydrogen (secondary N) is 2. The van der Waals surface area contributed by atoms with Gasteiger partial charge in [0.2, 0.25) is 5.91 Å². The normalized spacial score (nSPS) is 17.9. The first kappa shape index (κ1) is 12.7. The molecule has 0 bridgehead atoms. The standard InChI is InChI=1S/C15H18N4O/c1-3-19-9-11(8-16-19)12-5-4-6-13-15(12)17-10(2)7-14(20)18-13/h4-6,8-10,17H,3,7H2,1-2H3,(H,18,20)/t10-/m1/s1. The van der Waals surface area contributed by atoms with E-state index in [2.05, 4.69) is 22.7 Å². The number of rotatable bonds is 2. The van der Waals surface area contributed by atoms with Crippen LogP contribution < -0.4 is 10.6 Å². The van der Waals surface area contributed by atoms with E-state index in [1.807, 2.05) is 42.2 Å². The molecule has 0 fully saturated rings. The predicted octanol–water partition coefficient (Wildman–Crippen LogP) is 2.71. The Labute approximate surface area is 118 Å². The molecule has 0 spiro atoms. The summed E-state index contributed by atoms with van der Waals surface area (Å²) in [6, 6.07) is 6.03. The molecule has 0 aliphatic carbocycles. The minimum atomic E-state index is 0.0464. The summed E-state index contributed by atoms with van der Waals surface area (Å²) >= 11 is 0. The van der Waals surface area contributed by atoms with Gasteiger partial charge in [-0.3, -0.25) is 9.48 Å². The number of fused-ring (bicyclic) bond motifs is 1. The van der Waals surface area contributed by atoms with E-state index < -0.39 is 0 Å². The molecule has 0 saturated carbocycles. The number of aromatic nitrogens is 2. The number of nitrogens with zero attached hydrogens (tertiary/aromatic N) is 2. The van der Waals surface area contributed by atoms with Crippen molar-refractivity contribution in [1.82, 2.24) is 9.78 Å². The molecule has 2 N–H and O–H groups in total. The van der Waals surface area contributed by atoms with Crippen LogP contribution in [0.25, 0.3) is 11.1 Å². The molecule has 1 aliphatic heterocycles. The summed E-state index contributed by atoms with van der Waals surface area (Å²) in [4.78, 5) is 11.8. The zero-order valence-corrected chi connectivity index (χ0v) is 11.7. The van der Waals surface area contributed by atoms with Gasteiger partial charge in [-0.1, -0.05) is 12.1 Å². The fourth-order valence-electron chi connectivity index (χ4n) is 2.50. The Kier molecular flexibility index (Phi) is 3.18. The summed E-state index contributed by atoms with van der Waals surface area (Å²) in [6.07, 6.45) is 4.36. The number of hydrogen-bond acceptors (Lipinski definition) is 3. The van der Waals surface area contributed by atoms with Crippen molar-refractivity contribution in [2.45, 2.75) is 32.9 Å². The smallest absolute Gasteiger partial charge is 0.226 e. The number of amides is 1. The topological polar surface area (TPSA) is 59.0 Å². The molecule has 1 amide bonds. The van der Waals surface area contributed by atoms with Crippen LogP contribution in [0.4, 0.5) is 11.4 Å². The van der Waals surface area contributed by atoms with Crippen molar-refractivity contribution < 1.29 is 4.79 Å². The highest BCUT2D eigenvalue weighted by Crippen LogP contribution is 2.36. The number of carbonyl (C=O) groups excluding carboxylic acids is 1. The maximum absolute atomic E-state index is 11.8. The summed E-state index contributed by atoms with van der Waals surface area (Å²) in [5.74, 6) is 0.0464. The lowest BCUT2D eigenvalue weighted by molar-refractivity contribution is -0.116. The Morgan fingerprint density at radius 3 is 3.05 bits per heavy atom. The molecule has 1 aliphatic rings. The van der Waals surface area contributed by atoms with Crippen LogP contribution in [0.2, 0.25) is 0 Å². The van der Waals surface area contributed by atoms with Gasteiger partial charge in [-0.15, -0.1) is 0 Å². The highest BCUT2D eigenvalue weighted by molar-refractivity contribution is 6.00. The van der Waals surface area contributed by atoms with E-state index in [0.29, 0.717) is 6.42 Å². The number of anilines is 2. The van der Waals surface area contributed by atoms with Gasteiger partial charge in [0.15, 0.2) is 0 Å². The van der Waals surface area contributed by atoms with Gasteiger partial charge in [0.25, 0.3) is 0 Å². The summed E-state index contributed by atoms with van der Waals surface area (Å²) in [5.41, 5.74) is 3.93. The molecule has 0 saturated heterocycles. The highest BCUT2D eigenvalue weighted by atomic mass is 16.1. The molecule has 5 nitrogen and oxygen atoms in total. The monoisotopic (exact) mass is 270 g/mol. The fourth-order valence-corrected chi connectivity index (χ4v) is 2.50. The third-order valence-corrected chi connectivity index (χ3v) is 3.49. The van der Waals surface area contributed by atoms with E-state index in [0.717, 1.165) is 29.0 Å². The molecule has 5 heteroatoms. The van der Waals surface area contributed by atoms with Crippen LogP contribution in [-0.2, 0) is 11.3 Å². The molecule has 104 valence electrons. The van der Waals surface area contributed by atoms with E-state index in [1.165, 1.54) is 0 Å². The van der Waals surface area contributed by atoms with Crippen molar-refractivity contribution in [3.63, 3.8) is 0 Å². The van der Waals surface area contributed by atoms with Crippen LogP contribution in [0.3, 0.4) is 0 Å². The van der Waals surface area contributed by atoms with Crippen LogP contribution in [0.5, 0.6) is 0 Å². The summed E-state index contributed by atoms with van der Waals surface area (Å²) in [5, 5.41) is 10.7. The Bertz CT molecular complexity index is 647. The van der Waals surface area contributed by atoms with Gasteiger partial charge in [-0.25, -0.2) is 0 Å². The van der Waals surface area contributed by atoms with Crippen molar-refractivity contribution in [1.29, 1.82) is 0 Å². The Morgan fingerprint density at radius 2 is 2.30 bits per heavy atom. The minimum Gasteiger partial charge on any atom is -0.380 e. The van der Waals surface area contributed by atoms with Crippen LogP contribution in [0, 0.1) is 0 Å². The SMILES string of the molecule is CCn1cc(-c2cccc3c2N[C@H](C)CC(=O)N3)cn1. The van der Waals surface area contributed by atoms with E-state index in [1.54, 1.807) is 0 Å². The first-order chi connectivity index (χ1) is 9.67. The maximum atomic E-state index is 11.8. The third kappa shape index (κ3) is 2.27.